The lowest BCUT2D eigenvalue weighted by atomic mass is 9.92. The first kappa shape index (κ1) is 8.42. The second-order valence-electron chi connectivity index (χ2n) is 3.67. The second kappa shape index (κ2) is 3.29. The smallest absolute Gasteiger partial charge is 0.0376 e. The van der Waals surface area contributed by atoms with Gasteiger partial charge in [0.25, 0.3) is 0 Å². The van der Waals surface area contributed by atoms with Gasteiger partial charge in [-0.15, -0.1) is 0 Å². The molecule has 1 atom stereocenters. The van der Waals surface area contributed by atoms with Gasteiger partial charge in [0, 0.05) is 25.0 Å². The van der Waals surface area contributed by atoms with Crippen molar-refractivity contribution in [3.63, 3.8) is 0 Å². The van der Waals surface area contributed by atoms with E-state index in [0.717, 1.165) is 6.54 Å². The Bertz CT molecular complexity index is 307. The number of benzene rings is 1. The van der Waals surface area contributed by atoms with Crippen molar-refractivity contribution < 1.29 is 0 Å². The Morgan fingerprint density at radius 1 is 1.46 bits per heavy atom. The molecule has 1 heterocycles. The van der Waals surface area contributed by atoms with Crippen LogP contribution in [-0.4, -0.2) is 13.6 Å². The van der Waals surface area contributed by atoms with E-state index in [1.165, 1.54) is 23.4 Å². The minimum atomic E-state index is 0.685. The topological polar surface area (TPSA) is 24.1 Å². The highest BCUT2D eigenvalue weighted by atomic mass is 14.9. The zero-order valence-electron chi connectivity index (χ0n) is 8.22. The number of anilines is 2. The molecule has 1 aromatic carbocycles. The van der Waals surface area contributed by atoms with E-state index in [1.807, 2.05) is 7.05 Å². The first-order valence-corrected chi connectivity index (χ1v) is 4.87. The molecule has 2 N–H and O–H groups in total. The van der Waals surface area contributed by atoms with Gasteiger partial charge in [0.05, 0.1) is 0 Å². The van der Waals surface area contributed by atoms with Crippen molar-refractivity contribution in [1.82, 2.24) is 0 Å². The zero-order chi connectivity index (χ0) is 9.26. The monoisotopic (exact) mass is 176 g/mol. The van der Waals surface area contributed by atoms with Crippen LogP contribution in [0.5, 0.6) is 0 Å². The third kappa shape index (κ3) is 1.48. The molecule has 0 fully saturated rings. The van der Waals surface area contributed by atoms with Crippen LogP contribution in [0.2, 0.25) is 0 Å². The van der Waals surface area contributed by atoms with Crippen LogP contribution in [-0.2, 0) is 0 Å². The van der Waals surface area contributed by atoms with Crippen molar-refractivity contribution in [3.8, 4) is 0 Å². The average molecular weight is 176 g/mol. The molecule has 0 amide bonds. The van der Waals surface area contributed by atoms with Crippen LogP contribution in [0.3, 0.4) is 0 Å². The van der Waals surface area contributed by atoms with Gasteiger partial charge in [0.15, 0.2) is 0 Å². The highest BCUT2D eigenvalue weighted by Gasteiger charge is 2.15. The van der Waals surface area contributed by atoms with Gasteiger partial charge in [0.1, 0.15) is 0 Å². The highest BCUT2D eigenvalue weighted by molar-refractivity contribution is 5.61. The van der Waals surface area contributed by atoms with E-state index < -0.39 is 0 Å². The summed E-state index contributed by atoms with van der Waals surface area (Å²) >= 11 is 0. The maximum atomic E-state index is 3.42. The lowest BCUT2D eigenvalue weighted by Gasteiger charge is -2.24. The fourth-order valence-corrected chi connectivity index (χ4v) is 1.87. The Hall–Kier alpha value is -1.18. The van der Waals surface area contributed by atoms with Crippen LogP contribution < -0.4 is 10.6 Å². The average Bonchev–Trinajstić information content (AvgIpc) is 2.18. The van der Waals surface area contributed by atoms with Gasteiger partial charge in [0.2, 0.25) is 0 Å². The predicted octanol–water partition coefficient (Wildman–Crippen LogP) is 2.65. The van der Waals surface area contributed by atoms with Gasteiger partial charge in [-0.25, -0.2) is 0 Å². The van der Waals surface area contributed by atoms with Crippen LogP contribution in [0.15, 0.2) is 18.2 Å². The molecule has 0 bridgehead atoms. The van der Waals surface area contributed by atoms with Crippen LogP contribution in [0.1, 0.15) is 24.8 Å². The van der Waals surface area contributed by atoms with Crippen molar-refractivity contribution in [2.45, 2.75) is 19.3 Å². The van der Waals surface area contributed by atoms with E-state index in [1.54, 1.807) is 0 Å². The van der Waals surface area contributed by atoms with Gasteiger partial charge < -0.3 is 10.6 Å². The summed E-state index contributed by atoms with van der Waals surface area (Å²) in [6.07, 6.45) is 1.24. The summed E-state index contributed by atoms with van der Waals surface area (Å²) in [4.78, 5) is 0. The normalized spacial score (nSPS) is 20.3. The lowest BCUT2D eigenvalue weighted by Crippen LogP contribution is -2.14. The van der Waals surface area contributed by atoms with E-state index in [9.17, 15) is 0 Å². The molecule has 1 unspecified atom stereocenters. The number of hydrogen-bond donors (Lipinski definition) is 2. The van der Waals surface area contributed by atoms with Gasteiger partial charge >= 0.3 is 0 Å². The molecule has 0 spiro atoms. The molecule has 13 heavy (non-hydrogen) atoms. The number of hydrogen-bond acceptors (Lipinski definition) is 2. The van der Waals surface area contributed by atoms with Crippen LogP contribution in [0, 0.1) is 0 Å². The predicted molar refractivity (Wildman–Crippen MR) is 57.5 cm³/mol. The third-order valence-corrected chi connectivity index (χ3v) is 2.76. The SMILES string of the molecule is CNc1ccc2c(c1)C(C)CCN2. The molecule has 2 nitrogen and oxygen atoms in total. The van der Waals surface area contributed by atoms with Crippen molar-refractivity contribution in [3.05, 3.63) is 23.8 Å². The number of nitrogens with one attached hydrogen (secondary N) is 2. The highest BCUT2D eigenvalue weighted by Crippen LogP contribution is 2.32. The molecule has 70 valence electrons. The summed E-state index contributed by atoms with van der Waals surface area (Å²) in [6, 6.07) is 6.52. The largest absolute Gasteiger partial charge is 0.388 e. The first-order valence-electron chi connectivity index (χ1n) is 4.87. The molecular weight excluding hydrogens is 160 g/mol. The van der Waals surface area contributed by atoms with Gasteiger partial charge in [-0.3, -0.25) is 0 Å². The zero-order valence-corrected chi connectivity index (χ0v) is 8.22. The number of rotatable bonds is 1. The van der Waals surface area contributed by atoms with Gasteiger partial charge in [-0.1, -0.05) is 6.92 Å². The maximum Gasteiger partial charge on any atom is 0.0376 e. The van der Waals surface area contributed by atoms with E-state index in [-0.39, 0.29) is 0 Å². The summed E-state index contributed by atoms with van der Waals surface area (Å²) in [6.45, 7) is 3.40. The van der Waals surface area contributed by atoms with Crippen molar-refractivity contribution >= 4 is 11.4 Å². The maximum absolute atomic E-state index is 3.42. The molecular formula is C11H16N2. The Morgan fingerprint density at radius 3 is 3.08 bits per heavy atom. The van der Waals surface area contributed by atoms with E-state index in [2.05, 4.69) is 35.8 Å². The number of fused-ring (bicyclic) bond motifs is 1. The van der Waals surface area contributed by atoms with E-state index >= 15 is 0 Å². The lowest BCUT2D eigenvalue weighted by molar-refractivity contribution is 0.684. The summed E-state index contributed by atoms with van der Waals surface area (Å²) < 4.78 is 0. The molecule has 1 aliphatic heterocycles. The molecule has 0 radical (unpaired) electrons. The Kier molecular flexibility index (Phi) is 2.13. The second-order valence-corrected chi connectivity index (χ2v) is 3.67. The molecule has 1 aromatic rings. The van der Waals surface area contributed by atoms with Crippen LogP contribution >= 0.6 is 0 Å². The molecule has 0 aromatic heterocycles. The van der Waals surface area contributed by atoms with Crippen molar-refractivity contribution in [1.29, 1.82) is 0 Å². The summed E-state index contributed by atoms with van der Waals surface area (Å²) in [5.41, 5.74) is 3.95. The third-order valence-electron chi connectivity index (χ3n) is 2.76. The standard InChI is InChI=1S/C11H16N2/c1-8-5-6-13-11-4-3-9(12-2)7-10(8)11/h3-4,7-8,12-13H,5-6H2,1-2H3. The summed E-state index contributed by atoms with van der Waals surface area (Å²) in [5.74, 6) is 0.685. The van der Waals surface area contributed by atoms with E-state index in [0.29, 0.717) is 5.92 Å². The molecule has 2 heteroatoms. The van der Waals surface area contributed by atoms with Crippen LogP contribution in [0.4, 0.5) is 11.4 Å². The molecule has 0 aliphatic carbocycles. The minimum Gasteiger partial charge on any atom is -0.388 e. The fourth-order valence-electron chi connectivity index (χ4n) is 1.87. The molecule has 0 saturated heterocycles. The molecule has 1 aliphatic rings. The van der Waals surface area contributed by atoms with Gasteiger partial charge in [-0.05, 0) is 36.1 Å². The molecule has 2 rings (SSSR count). The van der Waals surface area contributed by atoms with Crippen molar-refractivity contribution in [2.24, 2.45) is 0 Å². The van der Waals surface area contributed by atoms with E-state index in [4.69, 9.17) is 0 Å². The summed E-state index contributed by atoms with van der Waals surface area (Å²) in [7, 11) is 1.96. The molecule has 0 saturated carbocycles. The Balaban J connectivity index is 2.41. The quantitative estimate of drug-likeness (QED) is 0.687. The van der Waals surface area contributed by atoms with Crippen LogP contribution in [0.25, 0.3) is 0 Å². The Morgan fingerprint density at radius 2 is 2.31 bits per heavy atom. The first-order chi connectivity index (χ1) is 6.31. The fraction of sp³-hybridized carbons (Fsp3) is 0.455. The van der Waals surface area contributed by atoms with Gasteiger partial charge in [-0.2, -0.15) is 0 Å². The summed E-state index contributed by atoms with van der Waals surface area (Å²) in [5, 5.41) is 6.59. The van der Waals surface area contributed by atoms with Crippen molar-refractivity contribution in [2.75, 3.05) is 24.2 Å². The minimum absolute atomic E-state index is 0.685. The Labute approximate surface area is 79.4 Å².